The first kappa shape index (κ1) is 8.56. The molecule has 0 unspecified atom stereocenters. The maximum atomic E-state index is 10.1. The topological polar surface area (TPSA) is 109 Å². The summed E-state index contributed by atoms with van der Waals surface area (Å²) in [7, 11) is -1.75. The van der Waals surface area contributed by atoms with E-state index in [1.54, 1.807) is 0 Å². The van der Waals surface area contributed by atoms with E-state index in [1.807, 2.05) is 0 Å². The Morgan fingerprint density at radius 1 is 1.42 bits per heavy atom. The van der Waals surface area contributed by atoms with Gasteiger partial charge in [-0.05, 0) is 9.91 Å². The van der Waals surface area contributed by atoms with Crippen LogP contribution >= 0.6 is 0 Å². The molecule has 0 spiro atoms. The fraction of sp³-hybridized carbons (Fsp3) is 0. The average Bonchev–Trinajstić information content (AvgIpc) is 2.04. The van der Waals surface area contributed by atoms with Crippen molar-refractivity contribution in [1.82, 2.24) is 9.97 Å². The molecule has 0 atom stereocenters. The molecule has 8 heteroatoms. The fourth-order valence-corrected chi connectivity index (χ4v) is 0.559. The van der Waals surface area contributed by atoms with Gasteiger partial charge in [0.25, 0.3) is 0 Å². The number of nitro groups is 1. The molecule has 12 heavy (non-hydrogen) atoms. The summed E-state index contributed by atoms with van der Waals surface area (Å²) in [6, 6.07) is 0. The number of aromatic nitrogens is 2. The van der Waals surface area contributed by atoms with E-state index in [1.165, 1.54) is 0 Å². The second-order valence-corrected chi connectivity index (χ2v) is 1.93. The van der Waals surface area contributed by atoms with Gasteiger partial charge in [0.15, 0.2) is 6.20 Å². The molecule has 0 amide bonds. The molecular weight excluding hydrogens is 165 g/mol. The van der Waals surface area contributed by atoms with Crippen LogP contribution in [0.25, 0.3) is 0 Å². The molecule has 0 aliphatic rings. The predicted molar refractivity (Wildman–Crippen MR) is 38.5 cm³/mol. The predicted octanol–water partition coefficient (Wildman–Crippen LogP) is -1.94. The van der Waals surface area contributed by atoms with Gasteiger partial charge in [-0.1, -0.05) is 0 Å². The Kier molecular flexibility index (Phi) is 2.31. The van der Waals surface area contributed by atoms with Gasteiger partial charge in [0.1, 0.15) is 11.8 Å². The molecule has 0 aromatic carbocycles. The van der Waals surface area contributed by atoms with Crippen molar-refractivity contribution in [2.75, 3.05) is 0 Å². The monoisotopic (exact) mass is 169 g/mol. The highest BCUT2D eigenvalue weighted by atomic mass is 16.6. The van der Waals surface area contributed by atoms with Crippen molar-refractivity contribution >= 4 is 18.5 Å². The summed E-state index contributed by atoms with van der Waals surface area (Å²) in [6.45, 7) is 0. The Bertz CT molecular complexity index is 287. The highest BCUT2D eigenvalue weighted by Crippen LogP contribution is 1.98. The fourth-order valence-electron chi connectivity index (χ4n) is 0.559. The molecule has 2 N–H and O–H groups in total. The van der Waals surface area contributed by atoms with Gasteiger partial charge < -0.3 is 20.2 Å². The molecule has 0 fully saturated rings. The van der Waals surface area contributed by atoms with Gasteiger partial charge in [-0.2, -0.15) is 0 Å². The molecule has 0 radical (unpaired) electrons. The van der Waals surface area contributed by atoms with Crippen LogP contribution in [0.2, 0.25) is 0 Å². The SMILES string of the molecule is O=[N+]([O-])c1cnc(B(O)O)cn1. The molecule has 1 heterocycles. The third kappa shape index (κ3) is 1.74. The lowest BCUT2D eigenvalue weighted by atomic mass is 9.87. The van der Waals surface area contributed by atoms with Crippen molar-refractivity contribution in [3.63, 3.8) is 0 Å². The van der Waals surface area contributed by atoms with E-state index in [9.17, 15) is 10.1 Å². The molecular formula is C4H4BN3O4. The Morgan fingerprint density at radius 3 is 2.42 bits per heavy atom. The summed E-state index contributed by atoms with van der Waals surface area (Å²) in [4.78, 5) is 16.1. The van der Waals surface area contributed by atoms with Crippen LogP contribution in [0.5, 0.6) is 0 Å². The molecule has 1 aromatic rings. The van der Waals surface area contributed by atoms with E-state index < -0.39 is 17.9 Å². The van der Waals surface area contributed by atoms with Crippen molar-refractivity contribution in [2.24, 2.45) is 0 Å². The minimum atomic E-state index is -1.75. The second kappa shape index (κ2) is 3.24. The maximum absolute atomic E-state index is 10.1. The third-order valence-corrected chi connectivity index (χ3v) is 1.11. The second-order valence-electron chi connectivity index (χ2n) is 1.93. The largest absolute Gasteiger partial charge is 0.512 e. The van der Waals surface area contributed by atoms with Crippen molar-refractivity contribution in [3.05, 3.63) is 22.5 Å². The van der Waals surface area contributed by atoms with E-state index >= 15 is 0 Å². The number of rotatable bonds is 2. The van der Waals surface area contributed by atoms with Crippen LogP contribution in [-0.4, -0.2) is 32.1 Å². The molecule has 0 aliphatic carbocycles. The van der Waals surface area contributed by atoms with Gasteiger partial charge in [0.05, 0.1) is 0 Å². The lowest BCUT2D eigenvalue weighted by Crippen LogP contribution is -2.32. The van der Waals surface area contributed by atoms with Gasteiger partial charge in [-0.15, -0.1) is 0 Å². The first-order valence-electron chi connectivity index (χ1n) is 2.93. The zero-order valence-corrected chi connectivity index (χ0v) is 5.78. The van der Waals surface area contributed by atoms with E-state index in [4.69, 9.17) is 10.0 Å². The van der Waals surface area contributed by atoms with Crippen LogP contribution in [0.3, 0.4) is 0 Å². The minimum absolute atomic E-state index is 0.124. The van der Waals surface area contributed by atoms with Crippen LogP contribution in [-0.2, 0) is 0 Å². The molecule has 0 aliphatic heterocycles. The Labute approximate surface area is 67.0 Å². The van der Waals surface area contributed by atoms with Crippen LogP contribution in [0.15, 0.2) is 12.4 Å². The molecule has 0 bridgehead atoms. The minimum Gasteiger partial charge on any atom is -0.422 e. The Morgan fingerprint density at radius 2 is 2.08 bits per heavy atom. The van der Waals surface area contributed by atoms with Gasteiger partial charge in [0.2, 0.25) is 0 Å². The molecule has 1 rings (SSSR count). The summed E-state index contributed by atoms with van der Waals surface area (Å²) in [5.41, 5.74) is -0.124. The van der Waals surface area contributed by atoms with E-state index in [0.717, 1.165) is 12.4 Å². The van der Waals surface area contributed by atoms with Crippen molar-refractivity contribution in [1.29, 1.82) is 0 Å². The zero-order valence-electron chi connectivity index (χ0n) is 5.78. The molecule has 0 saturated carbocycles. The van der Waals surface area contributed by atoms with Crippen molar-refractivity contribution in [3.8, 4) is 0 Å². The summed E-state index contributed by atoms with van der Waals surface area (Å²) in [5, 5.41) is 27.1. The van der Waals surface area contributed by atoms with Crippen LogP contribution in [0.4, 0.5) is 5.82 Å². The first-order valence-corrected chi connectivity index (χ1v) is 2.93. The van der Waals surface area contributed by atoms with Gasteiger partial charge in [0, 0.05) is 0 Å². The van der Waals surface area contributed by atoms with Crippen molar-refractivity contribution < 1.29 is 15.0 Å². The molecule has 7 nitrogen and oxygen atoms in total. The van der Waals surface area contributed by atoms with Crippen LogP contribution < -0.4 is 5.59 Å². The number of hydrogen-bond acceptors (Lipinski definition) is 6. The molecule has 0 saturated heterocycles. The van der Waals surface area contributed by atoms with Crippen molar-refractivity contribution in [2.45, 2.75) is 0 Å². The first-order chi connectivity index (χ1) is 5.61. The molecule has 62 valence electrons. The van der Waals surface area contributed by atoms with Crippen LogP contribution in [0.1, 0.15) is 0 Å². The Balaban J connectivity index is 2.93. The zero-order chi connectivity index (χ0) is 9.14. The highest BCUT2D eigenvalue weighted by molar-refractivity contribution is 6.57. The average molecular weight is 169 g/mol. The smallest absolute Gasteiger partial charge is 0.422 e. The summed E-state index contributed by atoms with van der Waals surface area (Å²) < 4.78 is 0. The summed E-state index contributed by atoms with van der Waals surface area (Å²) >= 11 is 0. The number of nitrogens with zero attached hydrogens (tertiary/aromatic N) is 3. The van der Waals surface area contributed by atoms with E-state index in [0.29, 0.717) is 0 Å². The van der Waals surface area contributed by atoms with Gasteiger partial charge in [-0.3, -0.25) is 4.98 Å². The van der Waals surface area contributed by atoms with Gasteiger partial charge >= 0.3 is 12.9 Å². The number of hydrogen-bond donors (Lipinski definition) is 2. The lowest BCUT2D eigenvalue weighted by molar-refractivity contribution is -0.389. The quantitative estimate of drug-likeness (QED) is 0.303. The summed E-state index contributed by atoms with van der Waals surface area (Å²) in [6.07, 6.45) is 1.79. The molecule has 1 aromatic heterocycles. The normalized spacial score (nSPS) is 9.50. The van der Waals surface area contributed by atoms with Gasteiger partial charge in [-0.25, -0.2) is 0 Å². The van der Waals surface area contributed by atoms with Crippen LogP contribution in [0, 0.1) is 10.1 Å². The summed E-state index contributed by atoms with van der Waals surface area (Å²) in [5.74, 6) is -0.431. The highest BCUT2D eigenvalue weighted by Gasteiger charge is 2.16. The van der Waals surface area contributed by atoms with E-state index in [2.05, 4.69) is 9.97 Å². The third-order valence-electron chi connectivity index (χ3n) is 1.11. The Hall–Kier alpha value is -1.54. The lowest BCUT2D eigenvalue weighted by Gasteiger charge is -1.93. The van der Waals surface area contributed by atoms with E-state index in [-0.39, 0.29) is 5.59 Å². The maximum Gasteiger partial charge on any atom is 0.512 e. The standard InChI is InChI=1S/C4H4BN3O4/c9-5(10)3-1-7-4(2-6-3)8(11)12/h1-2,9-10H.